The van der Waals surface area contributed by atoms with E-state index in [1.807, 2.05) is 72.8 Å². The first kappa shape index (κ1) is 99.7. The fourth-order valence-corrected chi connectivity index (χ4v) is 23.3. The number of primary amides is 1. The summed E-state index contributed by atoms with van der Waals surface area (Å²) in [5.41, 5.74) is 7.72. The van der Waals surface area contributed by atoms with Crippen molar-refractivity contribution in [2.24, 2.45) is 5.73 Å². The summed E-state index contributed by atoms with van der Waals surface area (Å²) < 4.78 is 12.6. The highest BCUT2D eigenvalue weighted by Gasteiger charge is 2.49. The molecule has 8 aromatic rings. The Morgan fingerprint density at radius 3 is 0.954 bits per heavy atom. The van der Waals surface area contributed by atoms with Gasteiger partial charge in [0.25, 0.3) is 11.8 Å². The lowest BCUT2D eigenvalue weighted by Gasteiger charge is -2.36. The first-order valence-electron chi connectivity index (χ1n) is 42.3. The number of imide groups is 2. The molecule has 8 aromatic carbocycles. The summed E-state index contributed by atoms with van der Waals surface area (Å²) in [6, 6.07) is 38.9. The SMILES string of the molecule is CC(=O)N[C@@H](C)C(=O)N[C@@H](C)C(=O)NC(C)(C)C(=O)N[C@@H](CC(=O)O)C(=O)N(C(=O)OCC1c2ccccc2-c2ccccc21)[C@H](CP(=S)(c1ccccc1)c1ccccc1)C(=O)N[C@@H](C)C(=O)N[C@@H](C)C(=O)N(C(=O)OCC1c2ccccc2-c2ccccc21)[C@@H](CP(=S)(c1ccccc1)c1ccccc1)C(=O)N[C@@H](C)C(=O)N[C@@H](C)C(=O)NC(C)(C)C(=O)N[C@@H](C)C(N)=O. The van der Waals surface area contributed by atoms with Gasteiger partial charge in [-0.1, -0.05) is 242 Å². The van der Waals surface area contributed by atoms with Gasteiger partial charge in [0.15, 0.2) is 0 Å². The lowest BCUT2D eigenvalue weighted by atomic mass is 9.98. The number of amides is 15. The number of rotatable bonds is 38. The smallest absolute Gasteiger partial charge is 0.417 e. The number of carbonyl (C=O) groups excluding carboxylic acids is 15. The van der Waals surface area contributed by atoms with E-state index in [4.69, 9.17) is 38.8 Å². The zero-order valence-corrected chi connectivity index (χ0v) is 77.6. The van der Waals surface area contributed by atoms with Crippen LogP contribution in [0.4, 0.5) is 9.59 Å². The number of carbonyl (C=O) groups is 16. The molecular formula is C95H107N13O19P2S2. The highest BCUT2D eigenvalue weighted by Crippen LogP contribution is 2.49. The van der Waals surface area contributed by atoms with Gasteiger partial charge in [-0.3, -0.25) is 67.1 Å². The highest BCUT2D eigenvalue weighted by molar-refractivity contribution is 8.22. The maximum atomic E-state index is 16.4. The van der Waals surface area contributed by atoms with Crippen LogP contribution in [-0.2, 0) is 100 Å². The third kappa shape index (κ3) is 24.0. The summed E-state index contributed by atoms with van der Waals surface area (Å²) in [6.07, 6.45) is -5.56. The van der Waals surface area contributed by atoms with Crippen molar-refractivity contribution in [2.75, 3.05) is 25.5 Å². The molecule has 0 saturated heterocycles. The van der Waals surface area contributed by atoms with Gasteiger partial charge in [-0.25, -0.2) is 19.4 Å². The molecule has 0 saturated carbocycles. The maximum Gasteiger partial charge on any atom is 0.417 e. The van der Waals surface area contributed by atoms with Crippen molar-refractivity contribution >= 4 is 152 Å². The molecule has 0 bridgehead atoms. The second-order valence-corrected chi connectivity index (χ2v) is 42.8. The van der Waals surface area contributed by atoms with E-state index in [1.165, 1.54) is 83.1 Å². The molecule has 688 valence electrons. The molecule has 13 N–H and O–H groups in total. The van der Waals surface area contributed by atoms with Crippen LogP contribution >= 0.6 is 12.1 Å². The molecule has 10 rings (SSSR count). The zero-order valence-electron chi connectivity index (χ0n) is 74.2. The van der Waals surface area contributed by atoms with Crippen molar-refractivity contribution in [2.45, 2.75) is 173 Å². The number of benzene rings is 8. The molecule has 0 spiro atoms. The number of nitrogens with two attached hydrogens (primary N) is 1. The van der Waals surface area contributed by atoms with Gasteiger partial charge >= 0.3 is 18.2 Å². The monoisotopic (exact) mass is 1860 g/mol. The van der Waals surface area contributed by atoms with Crippen LogP contribution in [-0.4, -0.2) is 207 Å². The van der Waals surface area contributed by atoms with Crippen LogP contribution in [0.2, 0.25) is 0 Å². The van der Waals surface area contributed by atoms with Crippen molar-refractivity contribution in [3.63, 3.8) is 0 Å². The molecule has 0 aliphatic heterocycles. The van der Waals surface area contributed by atoms with E-state index in [0.29, 0.717) is 42.1 Å². The van der Waals surface area contributed by atoms with Gasteiger partial charge in [0.2, 0.25) is 65.0 Å². The predicted octanol–water partition coefficient (Wildman–Crippen LogP) is 5.33. The molecule has 0 heterocycles. The number of hydrogen-bond acceptors (Lipinski definition) is 20. The molecule has 131 heavy (non-hydrogen) atoms. The van der Waals surface area contributed by atoms with Crippen molar-refractivity contribution in [1.82, 2.24) is 63.0 Å². The number of hydrogen-bond donors (Lipinski definition) is 12. The number of nitrogens with one attached hydrogen (secondary N) is 10. The first-order chi connectivity index (χ1) is 62.0. The largest absolute Gasteiger partial charge is 0.481 e. The molecule has 0 aromatic heterocycles. The Kier molecular flexibility index (Phi) is 33.0. The number of ether oxygens (including phenoxy) is 2. The Labute approximate surface area is 768 Å². The third-order valence-corrected chi connectivity index (χ3v) is 32.3. The maximum absolute atomic E-state index is 16.4. The number of fused-ring (bicyclic) bond motifs is 6. The number of carboxylic acids is 1. The van der Waals surface area contributed by atoms with Crippen LogP contribution in [0.5, 0.6) is 0 Å². The summed E-state index contributed by atoms with van der Waals surface area (Å²) in [6.45, 7) is 14.1. The molecular weight excluding hydrogens is 1750 g/mol. The first-order valence-corrected chi connectivity index (χ1v) is 48.3. The van der Waals surface area contributed by atoms with Gasteiger partial charge in [-0.15, -0.1) is 0 Å². The minimum Gasteiger partial charge on any atom is -0.481 e. The van der Waals surface area contributed by atoms with Crippen LogP contribution in [0, 0.1) is 0 Å². The fourth-order valence-electron chi connectivity index (χ4n) is 15.3. The van der Waals surface area contributed by atoms with Crippen LogP contribution < -0.4 is 80.1 Å². The minimum atomic E-state index is -3.66. The lowest BCUT2D eigenvalue weighted by molar-refractivity contribution is -0.146. The van der Waals surface area contributed by atoms with Crippen LogP contribution in [0.3, 0.4) is 0 Å². The van der Waals surface area contributed by atoms with Gasteiger partial charge in [0, 0.05) is 43.2 Å². The molecule has 2 aliphatic rings. The van der Waals surface area contributed by atoms with E-state index in [2.05, 4.69) is 53.2 Å². The standard InChI is InChI=1S/C95H107N13O19P2S2/c1-54(80(96)112)103-90(122)94(9,10)105-84(116)59(6)99-82(114)56(3)100-86(118)77(52-128(130,62-33-17-13-18-34-62)63-35-19-14-20-36-63)107(92(124)126-50-74-70-45-29-25-41-66(70)67-42-26-30-46-71(67)74)88(120)60(7)102-83(115)57(4)101-87(119)78(53-129(131,64-37-21-15-22-38-64)65-39-23-16-24-40-65)108(93(125)127-51-75-72-47-31-27-43-68(72)69-44-28-32-48-73(69)75)89(121)76(49-79(110)111)104-91(123)95(11,12)106-85(117)58(5)98-81(113)55(2)97-61(8)109/h13-48,54-60,74-78H,49-53H2,1-12H3,(H2,96,112)(H,97,109)(H,98,113)(H,99,114)(H,100,118)(H,101,119)(H,102,115)(H,103,122)(H,104,123)(H,105,116)(H,106,117)(H,110,111)/t54-,55-,56-,57-,58-,59-,60-,76-,77-,78+/m0/s1. The number of aliphatic carboxylic acids is 1. The molecule has 0 fully saturated rings. The van der Waals surface area contributed by atoms with E-state index in [1.54, 1.807) is 146 Å². The van der Waals surface area contributed by atoms with Crippen molar-refractivity contribution < 1.29 is 91.3 Å². The van der Waals surface area contributed by atoms with E-state index >= 15 is 33.6 Å². The topological polar surface area (TPSA) is 465 Å². The summed E-state index contributed by atoms with van der Waals surface area (Å²) in [7, 11) is 0. The Morgan fingerprint density at radius 2 is 0.641 bits per heavy atom. The molecule has 0 radical (unpaired) electrons. The Morgan fingerprint density at radius 1 is 0.366 bits per heavy atom. The van der Waals surface area contributed by atoms with Gasteiger partial charge in [0.05, 0.1) is 6.42 Å². The van der Waals surface area contributed by atoms with E-state index in [0.717, 1.165) is 33.4 Å². The summed E-state index contributed by atoms with van der Waals surface area (Å²) >= 11 is 13.6. The van der Waals surface area contributed by atoms with Crippen LogP contribution in [0.25, 0.3) is 22.3 Å². The van der Waals surface area contributed by atoms with Gasteiger partial charge in [0.1, 0.15) is 84.7 Å². The summed E-state index contributed by atoms with van der Waals surface area (Å²) in [4.78, 5) is 233. The summed E-state index contributed by atoms with van der Waals surface area (Å²) in [5.74, 6) is -16.7. The molecule has 10 atom stereocenters. The average molecular weight is 1860 g/mol. The molecule has 2 aliphatic carbocycles. The Hall–Kier alpha value is -13.4. The third-order valence-electron chi connectivity index (χ3n) is 22.6. The average Bonchev–Trinajstić information content (AvgIpc) is 1.57. The lowest BCUT2D eigenvalue weighted by Crippen LogP contribution is -2.64. The molecule has 15 amide bonds. The van der Waals surface area contributed by atoms with Gasteiger partial charge in [-0.2, -0.15) is 0 Å². The minimum absolute atomic E-state index is 0.339. The number of nitrogens with zero attached hydrogens (tertiary/aromatic N) is 2. The molecule has 36 heteroatoms. The highest BCUT2D eigenvalue weighted by atomic mass is 32.4. The predicted molar refractivity (Wildman–Crippen MR) is 501 cm³/mol. The molecule has 0 unspecified atom stereocenters. The van der Waals surface area contributed by atoms with Crippen molar-refractivity contribution in [3.05, 3.63) is 241 Å². The van der Waals surface area contributed by atoms with E-state index in [-0.39, 0.29) is 0 Å². The van der Waals surface area contributed by atoms with Crippen molar-refractivity contribution in [1.29, 1.82) is 0 Å². The summed E-state index contributed by atoms with van der Waals surface area (Å²) in [5, 5.41) is 37.6. The zero-order chi connectivity index (χ0) is 95.7. The van der Waals surface area contributed by atoms with Gasteiger partial charge < -0.3 is 73.5 Å². The van der Waals surface area contributed by atoms with E-state index in [9.17, 15) is 48.3 Å². The Bertz CT molecular complexity index is 5620. The van der Waals surface area contributed by atoms with Crippen molar-refractivity contribution in [3.8, 4) is 22.3 Å². The second kappa shape index (κ2) is 43.3. The van der Waals surface area contributed by atoms with Gasteiger partial charge in [-0.05, 0) is 142 Å². The normalized spacial score (nSPS) is 14.5. The van der Waals surface area contributed by atoms with Crippen LogP contribution in [0.15, 0.2) is 218 Å². The Balaban J connectivity index is 1.04. The fraction of sp³-hybridized carbons (Fsp3) is 0.326. The van der Waals surface area contributed by atoms with Crippen LogP contribution in [0.1, 0.15) is 124 Å². The molecule has 32 nitrogen and oxygen atoms in total. The quantitative estimate of drug-likeness (QED) is 0.0218. The van der Waals surface area contributed by atoms with E-state index < -0.39 is 222 Å². The second-order valence-electron chi connectivity index (χ2n) is 33.3. The number of carboxylic acid groups (broad SMARTS) is 1.